The van der Waals surface area contributed by atoms with Crippen molar-refractivity contribution in [1.82, 2.24) is 9.88 Å². The van der Waals surface area contributed by atoms with E-state index in [1.54, 1.807) is 23.2 Å². The van der Waals surface area contributed by atoms with Crippen LogP contribution in [-0.4, -0.2) is 38.8 Å². The summed E-state index contributed by atoms with van der Waals surface area (Å²) in [6.07, 6.45) is 3.48. The van der Waals surface area contributed by atoms with Crippen molar-refractivity contribution in [3.8, 4) is 0 Å². The van der Waals surface area contributed by atoms with E-state index in [4.69, 9.17) is 4.74 Å². The highest BCUT2D eigenvalue weighted by Gasteiger charge is 2.51. The summed E-state index contributed by atoms with van der Waals surface area (Å²) < 4.78 is 20.3. The Morgan fingerprint density at radius 2 is 1.96 bits per heavy atom. The second-order valence-electron chi connectivity index (χ2n) is 8.74. The number of halogens is 1. The van der Waals surface area contributed by atoms with Crippen LogP contribution in [0.2, 0.25) is 0 Å². The first-order chi connectivity index (χ1) is 12.7. The van der Waals surface area contributed by atoms with Gasteiger partial charge in [0, 0.05) is 48.1 Å². The van der Waals surface area contributed by atoms with Gasteiger partial charge in [-0.2, -0.15) is 0 Å². The summed E-state index contributed by atoms with van der Waals surface area (Å²) in [4.78, 5) is 18.5. The van der Waals surface area contributed by atoms with Crippen molar-refractivity contribution in [1.29, 1.82) is 0 Å². The molecule has 1 aromatic carbocycles. The molecule has 1 aromatic heterocycles. The molecular weight excluding hydrogens is 347 g/mol. The van der Waals surface area contributed by atoms with Gasteiger partial charge < -0.3 is 14.7 Å². The number of nitrogens with zero attached hydrogens (tertiary/aromatic N) is 2. The molecule has 0 radical (unpaired) electrons. The van der Waals surface area contributed by atoms with Crippen molar-refractivity contribution in [3.63, 3.8) is 0 Å². The number of benzene rings is 1. The van der Waals surface area contributed by atoms with E-state index in [9.17, 15) is 14.3 Å². The van der Waals surface area contributed by atoms with Crippen LogP contribution < -0.4 is 0 Å². The number of rotatable bonds is 1. The molecule has 2 aromatic rings. The molecule has 6 heteroatoms. The number of ether oxygens (including phenoxy) is 1. The van der Waals surface area contributed by atoms with E-state index in [0.717, 1.165) is 18.2 Å². The lowest BCUT2D eigenvalue weighted by Crippen LogP contribution is -2.53. The smallest absolute Gasteiger partial charge is 0.410 e. The summed E-state index contributed by atoms with van der Waals surface area (Å²) in [5.41, 5.74) is -1.000. The zero-order valence-corrected chi connectivity index (χ0v) is 15.9. The molecule has 0 aliphatic carbocycles. The van der Waals surface area contributed by atoms with Crippen LogP contribution in [0.25, 0.3) is 10.9 Å². The third kappa shape index (κ3) is 3.27. The van der Waals surface area contributed by atoms with E-state index in [-0.39, 0.29) is 18.2 Å². The van der Waals surface area contributed by atoms with Gasteiger partial charge >= 0.3 is 6.09 Å². The third-order valence-corrected chi connectivity index (χ3v) is 5.56. The van der Waals surface area contributed by atoms with Crippen LogP contribution in [0.3, 0.4) is 0 Å². The van der Waals surface area contributed by atoms with E-state index in [1.165, 1.54) is 6.07 Å². The predicted molar refractivity (Wildman–Crippen MR) is 99.7 cm³/mol. The minimum absolute atomic E-state index is 0.146. The van der Waals surface area contributed by atoms with Gasteiger partial charge in [-0.1, -0.05) is 6.07 Å². The van der Waals surface area contributed by atoms with Gasteiger partial charge in [-0.05, 0) is 45.7 Å². The van der Waals surface area contributed by atoms with E-state index >= 15 is 0 Å². The molecule has 0 saturated carbocycles. The summed E-state index contributed by atoms with van der Waals surface area (Å²) >= 11 is 0. The van der Waals surface area contributed by atoms with Crippen LogP contribution in [0, 0.1) is 5.82 Å². The van der Waals surface area contributed by atoms with Gasteiger partial charge in [-0.15, -0.1) is 0 Å². The van der Waals surface area contributed by atoms with Gasteiger partial charge in [0.15, 0.2) is 0 Å². The van der Waals surface area contributed by atoms with Gasteiger partial charge in [-0.25, -0.2) is 9.18 Å². The number of hydrogen-bond donors (Lipinski definition) is 1. The number of piperidine rings is 1. The molecule has 1 amide bonds. The minimum atomic E-state index is -1.29. The van der Waals surface area contributed by atoms with Crippen molar-refractivity contribution in [3.05, 3.63) is 41.8 Å². The molecule has 2 bridgehead atoms. The summed E-state index contributed by atoms with van der Waals surface area (Å²) in [6, 6.07) is 6.44. The van der Waals surface area contributed by atoms with Crippen LogP contribution in [-0.2, 0) is 10.3 Å². The molecule has 2 saturated heterocycles. The average Bonchev–Trinajstić information content (AvgIpc) is 2.85. The normalized spacial score (nSPS) is 27.8. The van der Waals surface area contributed by atoms with E-state index in [1.807, 2.05) is 26.8 Å². The Hall–Kier alpha value is -2.21. The molecule has 2 atom stereocenters. The Balaban J connectivity index is 1.64. The number of carbonyl (C=O) groups is 1. The van der Waals surface area contributed by atoms with Crippen LogP contribution in [0.5, 0.6) is 0 Å². The Kier molecular flexibility index (Phi) is 4.14. The maximum Gasteiger partial charge on any atom is 0.410 e. The van der Waals surface area contributed by atoms with Gasteiger partial charge in [0.25, 0.3) is 0 Å². The maximum atomic E-state index is 14.8. The first-order valence-electron chi connectivity index (χ1n) is 9.45. The van der Waals surface area contributed by atoms with Crippen LogP contribution >= 0.6 is 0 Å². The fraction of sp³-hybridized carbons (Fsp3) is 0.524. The summed E-state index contributed by atoms with van der Waals surface area (Å²) in [6.45, 7) is 5.52. The number of pyridine rings is 1. The maximum absolute atomic E-state index is 14.8. The van der Waals surface area contributed by atoms with E-state index < -0.39 is 17.0 Å². The highest BCUT2D eigenvalue weighted by Crippen LogP contribution is 2.47. The molecule has 3 heterocycles. The summed E-state index contributed by atoms with van der Waals surface area (Å²) in [7, 11) is 0. The highest BCUT2D eigenvalue weighted by atomic mass is 19.1. The van der Waals surface area contributed by atoms with Gasteiger partial charge in [0.2, 0.25) is 0 Å². The Morgan fingerprint density at radius 3 is 2.59 bits per heavy atom. The molecule has 0 spiro atoms. The van der Waals surface area contributed by atoms with E-state index in [2.05, 4.69) is 4.98 Å². The van der Waals surface area contributed by atoms with Crippen molar-refractivity contribution in [2.24, 2.45) is 0 Å². The number of amides is 1. The van der Waals surface area contributed by atoms with Crippen molar-refractivity contribution < 1.29 is 19.0 Å². The fourth-order valence-corrected chi connectivity index (χ4v) is 4.51. The standard InChI is InChI=1S/C21H25FN2O3/c1-20(2,3)27-19(25)24-14-6-7-15(24)12-21(26,11-14)16-9-13-5-4-8-23-18(13)10-17(16)22/h4-5,8-10,14-15,26H,6-7,11-12H2,1-3H3. The fourth-order valence-electron chi connectivity index (χ4n) is 4.51. The first kappa shape index (κ1) is 18.2. The van der Waals surface area contributed by atoms with Gasteiger partial charge in [0.1, 0.15) is 11.4 Å². The van der Waals surface area contributed by atoms with Crippen LogP contribution in [0.4, 0.5) is 9.18 Å². The number of aromatic nitrogens is 1. The molecule has 2 fully saturated rings. The second-order valence-corrected chi connectivity index (χ2v) is 8.74. The molecular formula is C21H25FN2O3. The Bertz CT molecular complexity index is 879. The second kappa shape index (κ2) is 6.16. The topological polar surface area (TPSA) is 62.7 Å². The lowest BCUT2D eigenvalue weighted by Gasteiger charge is -2.44. The molecule has 4 rings (SSSR count). The summed E-state index contributed by atoms with van der Waals surface area (Å²) in [5, 5.41) is 12.2. The van der Waals surface area contributed by atoms with Crippen molar-refractivity contribution in [2.75, 3.05) is 0 Å². The number of hydrogen-bond acceptors (Lipinski definition) is 4. The minimum Gasteiger partial charge on any atom is -0.444 e. The molecule has 1 N–H and O–H groups in total. The predicted octanol–water partition coefficient (Wildman–Crippen LogP) is 4.12. The van der Waals surface area contributed by atoms with Crippen molar-refractivity contribution in [2.45, 2.75) is 69.7 Å². The largest absolute Gasteiger partial charge is 0.444 e. The molecule has 144 valence electrons. The van der Waals surface area contributed by atoms with Crippen molar-refractivity contribution >= 4 is 17.0 Å². The molecule has 2 unspecified atom stereocenters. The van der Waals surface area contributed by atoms with Gasteiger partial charge in [0.05, 0.1) is 11.1 Å². The number of carbonyl (C=O) groups excluding carboxylic acids is 1. The lowest BCUT2D eigenvalue weighted by molar-refractivity contribution is -0.0639. The molecule has 5 nitrogen and oxygen atoms in total. The van der Waals surface area contributed by atoms with Crippen LogP contribution in [0.15, 0.2) is 30.5 Å². The number of aliphatic hydroxyl groups is 1. The summed E-state index contributed by atoms with van der Waals surface area (Å²) in [5.74, 6) is -0.450. The number of fused-ring (bicyclic) bond motifs is 3. The molecule has 27 heavy (non-hydrogen) atoms. The average molecular weight is 372 g/mol. The zero-order valence-electron chi connectivity index (χ0n) is 15.9. The highest BCUT2D eigenvalue weighted by molar-refractivity contribution is 5.79. The quantitative estimate of drug-likeness (QED) is 0.818. The first-order valence-corrected chi connectivity index (χ1v) is 9.45. The van der Waals surface area contributed by atoms with Crippen LogP contribution in [0.1, 0.15) is 52.0 Å². The molecule has 2 aliphatic heterocycles. The van der Waals surface area contributed by atoms with Gasteiger partial charge in [-0.3, -0.25) is 4.98 Å². The Morgan fingerprint density at radius 1 is 1.30 bits per heavy atom. The SMILES string of the molecule is CC(C)(C)OC(=O)N1C2CCC1CC(O)(c1cc3cccnc3cc1F)C2. The van der Waals surface area contributed by atoms with E-state index in [0.29, 0.717) is 23.9 Å². The zero-order chi connectivity index (χ0) is 19.4. The lowest BCUT2D eigenvalue weighted by atomic mass is 9.80. The third-order valence-electron chi connectivity index (χ3n) is 5.56. The molecule has 2 aliphatic rings. The monoisotopic (exact) mass is 372 g/mol. The Labute approximate surface area is 158 Å².